The summed E-state index contributed by atoms with van der Waals surface area (Å²) in [6.07, 6.45) is 1.56. The van der Waals surface area contributed by atoms with Crippen LogP contribution in [0.2, 0.25) is 0 Å². The summed E-state index contributed by atoms with van der Waals surface area (Å²) in [6, 6.07) is 19.8. The summed E-state index contributed by atoms with van der Waals surface area (Å²) in [6.45, 7) is 0. The van der Waals surface area contributed by atoms with Crippen LogP contribution in [0.1, 0.15) is 5.56 Å². The Morgan fingerprint density at radius 2 is 1.82 bits per heavy atom. The summed E-state index contributed by atoms with van der Waals surface area (Å²) in [5.74, 6) is 1.86. The maximum absolute atomic E-state index is 11.8. The molecule has 0 aliphatic carbocycles. The molecule has 0 aliphatic rings. The van der Waals surface area contributed by atoms with E-state index in [1.54, 1.807) is 50.8 Å². The highest BCUT2D eigenvalue weighted by molar-refractivity contribution is 7.99. The van der Waals surface area contributed by atoms with E-state index in [2.05, 4.69) is 15.2 Å². The molecule has 0 saturated heterocycles. The van der Waals surface area contributed by atoms with Crippen molar-refractivity contribution < 1.29 is 14.4 Å². The van der Waals surface area contributed by atoms with Crippen molar-refractivity contribution >= 4 is 29.4 Å². The van der Waals surface area contributed by atoms with E-state index in [0.29, 0.717) is 38.6 Å². The molecule has 1 aromatic heterocycles. The van der Waals surface area contributed by atoms with Gasteiger partial charge in [0.15, 0.2) is 11.0 Å². The van der Waals surface area contributed by atoms with E-state index >= 15 is 0 Å². The molecular formula is C24H21N5O4S. The lowest BCUT2D eigenvalue weighted by Crippen LogP contribution is -1.97. The highest BCUT2D eigenvalue weighted by atomic mass is 32.2. The van der Waals surface area contributed by atoms with Crippen LogP contribution in [0.15, 0.2) is 81.8 Å². The van der Waals surface area contributed by atoms with Crippen LogP contribution in [0, 0.1) is 10.1 Å². The van der Waals surface area contributed by atoms with E-state index in [-0.39, 0.29) is 5.69 Å². The molecule has 4 rings (SSSR count). The minimum absolute atomic E-state index is 0.0418. The second-order valence-corrected chi connectivity index (χ2v) is 8.12. The number of nitro benzene ring substituents is 1. The molecule has 0 radical (unpaired) electrons. The zero-order valence-electron chi connectivity index (χ0n) is 18.7. The molecule has 0 atom stereocenters. The van der Waals surface area contributed by atoms with Gasteiger partial charge in [-0.1, -0.05) is 36.4 Å². The molecule has 4 aromatic rings. The molecule has 0 N–H and O–H groups in total. The second-order valence-electron chi connectivity index (χ2n) is 7.11. The summed E-state index contributed by atoms with van der Waals surface area (Å²) >= 11 is 1.19. The zero-order chi connectivity index (χ0) is 24.1. The van der Waals surface area contributed by atoms with Crippen molar-refractivity contribution in [3.05, 3.63) is 82.4 Å². The SMILES string of the molecule is COc1ccc(N=Cc2ccc(Sc3nnc(-c4ccccc4)n3C)c([N+](=O)[O-])c2)c(OC)c1. The van der Waals surface area contributed by atoms with Crippen LogP contribution in [0.4, 0.5) is 11.4 Å². The van der Waals surface area contributed by atoms with Crippen LogP contribution in [0.25, 0.3) is 11.4 Å². The normalized spacial score (nSPS) is 11.0. The van der Waals surface area contributed by atoms with Gasteiger partial charge < -0.3 is 14.0 Å². The molecule has 1 heterocycles. The third-order valence-electron chi connectivity index (χ3n) is 4.99. The number of methoxy groups -OCH3 is 2. The van der Waals surface area contributed by atoms with Gasteiger partial charge in [0.05, 0.1) is 24.0 Å². The van der Waals surface area contributed by atoms with Crippen LogP contribution >= 0.6 is 11.8 Å². The van der Waals surface area contributed by atoms with E-state index in [0.717, 1.165) is 5.56 Å². The molecule has 0 bridgehead atoms. The third kappa shape index (κ3) is 4.91. The van der Waals surface area contributed by atoms with Crippen molar-refractivity contribution in [3.8, 4) is 22.9 Å². The average Bonchev–Trinajstić information content (AvgIpc) is 3.23. The molecule has 9 nitrogen and oxygen atoms in total. The fraction of sp³-hybridized carbons (Fsp3) is 0.125. The van der Waals surface area contributed by atoms with E-state index in [9.17, 15) is 10.1 Å². The van der Waals surface area contributed by atoms with Crippen molar-refractivity contribution in [3.63, 3.8) is 0 Å². The topological polar surface area (TPSA) is 105 Å². The summed E-state index contributed by atoms with van der Waals surface area (Å²) in [5.41, 5.74) is 2.04. The zero-order valence-corrected chi connectivity index (χ0v) is 19.5. The quantitative estimate of drug-likeness (QED) is 0.193. The Hall–Kier alpha value is -4.18. The van der Waals surface area contributed by atoms with Crippen molar-refractivity contribution in [2.24, 2.45) is 12.0 Å². The molecule has 0 saturated carbocycles. The molecule has 0 fully saturated rings. The smallest absolute Gasteiger partial charge is 0.283 e. The first kappa shape index (κ1) is 23.0. The van der Waals surface area contributed by atoms with Gasteiger partial charge in [-0.3, -0.25) is 15.1 Å². The van der Waals surface area contributed by atoms with Gasteiger partial charge in [0.2, 0.25) is 0 Å². The maximum atomic E-state index is 11.8. The van der Waals surface area contributed by atoms with Gasteiger partial charge >= 0.3 is 0 Å². The highest BCUT2D eigenvalue weighted by Gasteiger charge is 2.19. The van der Waals surface area contributed by atoms with Crippen LogP contribution < -0.4 is 9.47 Å². The minimum Gasteiger partial charge on any atom is -0.497 e. The van der Waals surface area contributed by atoms with Gasteiger partial charge in [0, 0.05) is 31.0 Å². The monoisotopic (exact) mass is 475 g/mol. The Morgan fingerprint density at radius 1 is 1.03 bits per heavy atom. The summed E-state index contributed by atoms with van der Waals surface area (Å²) in [5, 5.41) is 20.8. The lowest BCUT2D eigenvalue weighted by Gasteiger charge is -2.07. The fourth-order valence-electron chi connectivity index (χ4n) is 3.22. The second kappa shape index (κ2) is 10.2. The van der Waals surface area contributed by atoms with Gasteiger partial charge in [-0.25, -0.2) is 0 Å². The third-order valence-corrected chi connectivity index (χ3v) is 6.09. The first-order valence-corrected chi connectivity index (χ1v) is 11.0. The molecule has 172 valence electrons. The summed E-state index contributed by atoms with van der Waals surface area (Å²) in [7, 11) is 4.94. The first-order valence-electron chi connectivity index (χ1n) is 10.2. The van der Waals surface area contributed by atoms with Crippen molar-refractivity contribution in [1.82, 2.24) is 14.8 Å². The van der Waals surface area contributed by atoms with Crippen LogP contribution in [0.3, 0.4) is 0 Å². The van der Waals surface area contributed by atoms with Gasteiger partial charge in [0.1, 0.15) is 17.2 Å². The van der Waals surface area contributed by atoms with Crippen molar-refractivity contribution in [1.29, 1.82) is 0 Å². The number of hydrogen-bond donors (Lipinski definition) is 0. The molecule has 34 heavy (non-hydrogen) atoms. The number of nitro groups is 1. The maximum Gasteiger partial charge on any atom is 0.283 e. The predicted octanol–water partition coefficient (Wildman–Crippen LogP) is 5.31. The standard InChI is InChI=1S/C24H21N5O4S/c1-28-23(17-7-5-4-6-8-17)26-27-24(28)34-22-12-9-16(13-20(22)29(30)31)15-25-19-11-10-18(32-2)14-21(19)33-3/h4-15H,1-3H3. The fourth-order valence-corrected chi connectivity index (χ4v) is 4.10. The lowest BCUT2D eigenvalue weighted by molar-refractivity contribution is -0.387. The van der Waals surface area contributed by atoms with E-state index in [1.807, 2.05) is 41.9 Å². The molecule has 0 spiro atoms. The molecule has 3 aromatic carbocycles. The number of nitrogens with zero attached hydrogens (tertiary/aromatic N) is 5. The summed E-state index contributed by atoms with van der Waals surface area (Å²) < 4.78 is 12.4. The number of aliphatic imine (C=N–C) groups is 1. The average molecular weight is 476 g/mol. The van der Waals surface area contributed by atoms with E-state index < -0.39 is 4.92 Å². The Balaban J connectivity index is 1.60. The molecule has 0 amide bonds. The number of rotatable bonds is 8. The Kier molecular flexibility index (Phi) is 6.88. The van der Waals surface area contributed by atoms with Gasteiger partial charge in [0.25, 0.3) is 5.69 Å². The van der Waals surface area contributed by atoms with Crippen molar-refractivity contribution in [2.45, 2.75) is 10.1 Å². The Labute approximate surface area is 200 Å². The van der Waals surface area contributed by atoms with Crippen LogP contribution in [0.5, 0.6) is 11.5 Å². The van der Waals surface area contributed by atoms with E-state index in [1.165, 1.54) is 17.8 Å². The number of aromatic nitrogens is 3. The number of ether oxygens (including phenoxy) is 2. The molecule has 0 aliphatic heterocycles. The molecule has 10 heteroatoms. The highest BCUT2D eigenvalue weighted by Crippen LogP contribution is 2.36. The lowest BCUT2D eigenvalue weighted by atomic mass is 10.2. The summed E-state index contributed by atoms with van der Waals surface area (Å²) in [4.78, 5) is 16.3. The largest absolute Gasteiger partial charge is 0.497 e. The van der Waals surface area contributed by atoms with Gasteiger partial charge in [-0.2, -0.15) is 0 Å². The van der Waals surface area contributed by atoms with Gasteiger partial charge in [-0.15, -0.1) is 10.2 Å². The Morgan fingerprint density at radius 3 is 2.53 bits per heavy atom. The first-order chi connectivity index (χ1) is 16.5. The number of hydrogen-bond acceptors (Lipinski definition) is 8. The molecule has 0 unspecified atom stereocenters. The molecular weight excluding hydrogens is 454 g/mol. The predicted molar refractivity (Wildman–Crippen MR) is 130 cm³/mol. The Bertz CT molecular complexity index is 1350. The minimum atomic E-state index is -0.415. The number of benzene rings is 3. The van der Waals surface area contributed by atoms with Crippen LogP contribution in [-0.2, 0) is 7.05 Å². The van der Waals surface area contributed by atoms with Crippen LogP contribution in [-0.4, -0.2) is 40.1 Å². The van der Waals surface area contributed by atoms with E-state index in [4.69, 9.17) is 9.47 Å². The van der Waals surface area contributed by atoms with Gasteiger partial charge in [-0.05, 0) is 35.5 Å². The van der Waals surface area contributed by atoms with Crippen molar-refractivity contribution in [2.75, 3.05) is 14.2 Å².